The van der Waals surface area contributed by atoms with Crippen LogP contribution in [0.4, 0.5) is 4.79 Å². The van der Waals surface area contributed by atoms with Gasteiger partial charge in [0.05, 0.1) is 18.1 Å². The van der Waals surface area contributed by atoms with Crippen molar-refractivity contribution in [2.75, 3.05) is 26.3 Å². The lowest BCUT2D eigenvalue weighted by Gasteiger charge is -2.13. The van der Waals surface area contributed by atoms with E-state index in [1.807, 2.05) is 62.4 Å². The van der Waals surface area contributed by atoms with Crippen molar-refractivity contribution in [2.45, 2.75) is 26.7 Å². The lowest BCUT2D eigenvalue weighted by atomic mass is 10.1. The summed E-state index contributed by atoms with van der Waals surface area (Å²) < 4.78 is 11.0. The van der Waals surface area contributed by atoms with Gasteiger partial charge in [-0.25, -0.2) is 0 Å². The predicted octanol–water partition coefficient (Wildman–Crippen LogP) is 4.41. The Bertz CT molecular complexity index is 1000. The Morgan fingerprint density at radius 2 is 1.70 bits per heavy atom. The highest BCUT2D eigenvalue weighted by atomic mass is 32.2. The van der Waals surface area contributed by atoms with E-state index in [9.17, 15) is 14.4 Å². The van der Waals surface area contributed by atoms with Gasteiger partial charge in [-0.3, -0.25) is 19.3 Å². The minimum Gasteiger partial charge on any atom is -0.494 e. The maximum absolute atomic E-state index is 12.5. The van der Waals surface area contributed by atoms with E-state index in [1.165, 1.54) is 4.90 Å². The number of carbonyl (C=O) groups excluding carboxylic acids is 3. The van der Waals surface area contributed by atoms with Crippen LogP contribution in [-0.2, 0) is 9.59 Å². The molecule has 0 radical (unpaired) electrons. The van der Waals surface area contributed by atoms with Crippen LogP contribution in [0.15, 0.2) is 53.4 Å². The molecule has 1 saturated heterocycles. The first-order valence-electron chi connectivity index (χ1n) is 10.9. The van der Waals surface area contributed by atoms with Crippen molar-refractivity contribution in [1.82, 2.24) is 10.2 Å². The van der Waals surface area contributed by atoms with Gasteiger partial charge in [0.2, 0.25) is 5.91 Å². The minimum absolute atomic E-state index is 0.143. The fourth-order valence-electron chi connectivity index (χ4n) is 3.12. The molecule has 7 nitrogen and oxygen atoms in total. The molecule has 174 valence electrons. The summed E-state index contributed by atoms with van der Waals surface area (Å²) in [4.78, 5) is 38.4. The van der Waals surface area contributed by atoms with Crippen LogP contribution in [-0.4, -0.2) is 48.3 Å². The second-order valence-electron chi connectivity index (χ2n) is 7.45. The van der Waals surface area contributed by atoms with Crippen molar-refractivity contribution in [2.24, 2.45) is 0 Å². The normalized spacial score (nSPS) is 14.6. The summed E-state index contributed by atoms with van der Waals surface area (Å²) in [6.45, 7) is 5.30. The standard InChI is InChI=1S/C25H28N2O5S/c1-3-31-20-10-12-21(13-11-20)32-16-4-5-23(28)26-14-15-27-24(29)22(33-25(27)30)17-19-8-6-18(2)7-9-19/h6-13,17H,3-5,14-16H2,1-2H3,(H,26,28). The van der Waals surface area contributed by atoms with Crippen LogP contribution < -0.4 is 14.8 Å². The van der Waals surface area contributed by atoms with Gasteiger partial charge in [0.1, 0.15) is 11.5 Å². The second kappa shape index (κ2) is 12.1. The Balaban J connectivity index is 1.35. The summed E-state index contributed by atoms with van der Waals surface area (Å²) in [5, 5.41) is 2.43. The summed E-state index contributed by atoms with van der Waals surface area (Å²) in [5.41, 5.74) is 1.99. The molecule has 0 saturated carbocycles. The van der Waals surface area contributed by atoms with Crippen LogP contribution in [0.2, 0.25) is 0 Å². The number of imide groups is 1. The zero-order valence-electron chi connectivity index (χ0n) is 18.8. The zero-order valence-corrected chi connectivity index (χ0v) is 19.7. The third-order valence-corrected chi connectivity index (χ3v) is 5.77. The van der Waals surface area contributed by atoms with E-state index in [4.69, 9.17) is 9.47 Å². The first-order valence-corrected chi connectivity index (χ1v) is 11.7. The van der Waals surface area contributed by atoms with Gasteiger partial charge in [0.15, 0.2) is 0 Å². The quantitative estimate of drug-likeness (QED) is 0.389. The molecule has 0 atom stereocenters. The van der Waals surface area contributed by atoms with Crippen LogP contribution in [0.5, 0.6) is 11.5 Å². The monoisotopic (exact) mass is 468 g/mol. The van der Waals surface area contributed by atoms with E-state index < -0.39 is 0 Å². The second-order valence-corrected chi connectivity index (χ2v) is 8.44. The van der Waals surface area contributed by atoms with E-state index >= 15 is 0 Å². The van der Waals surface area contributed by atoms with Crippen molar-refractivity contribution in [3.63, 3.8) is 0 Å². The van der Waals surface area contributed by atoms with Crippen molar-refractivity contribution in [3.05, 3.63) is 64.6 Å². The molecule has 0 aliphatic carbocycles. The summed E-state index contributed by atoms with van der Waals surface area (Å²) in [7, 11) is 0. The SMILES string of the molecule is CCOc1ccc(OCCCC(=O)NCCN2C(=O)SC(=Cc3ccc(C)cc3)C2=O)cc1. The molecular weight excluding hydrogens is 440 g/mol. The third kappa shape index (κ3) is 7.39. The van der Waals surface area contributed by atoms with Gasteiger partial charge in [-0.15, -0.1) is 0 Å². The Kier molecular flexibility index (Phi) is 8.95. The number of benzene rings is 2. The van der Waals surface area contributed by atoms with Crippen LogP contribution in [0.25, 0.3) is 6.08 Å². The third-order valence-electron chi connectivity index (χ3n) is 4.86. The molecule has 1 fully saturated rings. The van der Waals surface area contributed by atoms with Crippen LogP contribution >= 0.6 is 11.8 Å². The Morgan fingerprint density at radius 3 is 2.36 bits per heavy atom. The Morgan fingerprint density at radius 1 is 1.03 bits per heavy atom. The molecule has 1 aliphatic heterocycles. The number of nitrogens with zero attached hydrogens (tertiary/aromatic N) is 1. The van der Waals surface area contributed by atoms with E-state index in [-0.39, 0.29) is 30.1 Å². The molecule has 0 spiro atoms. The molecule has 3 amide bonds. The van der Waals surface area contributed by atoms with Gasteiger partial charge in [-0.1, -0.05) is 29.8 Å². The summed E-state index contributed by atoms with van der Waals surface area (Å²) in [6, 6.07) is 15.1. The number of carbonyl (C=O) groups is 3. The Labute approximate surface area is 198 Å². The molecule has 2 aromatic carbocycles. The average molecular weight is 469 g/mol. The molecule has 1 N–H and O–H groups in total. The van der Waals surface area contributed by atoms with E-state index in [0.29, 0.717) is 31.0 Å². The minimum atomic E-state index is -0.330. The zero-order chi connectivity index (χ0) is 23.6. The van der Waals surface area contributed by atoms with Gasteiger partial charge < -0.3 is 14.8 Å². The molecule has 1 aliphatic rings. The number of hydrogen-bond acceptors (Lipinski definition) is 6. The van der Waals surface area contributed by atoms with Gasteiger partial charge in [-0.05, 0) is 67.9 Å². The van der Waals surface area contributed by atoms with E-state index in [2.05, 4.69) is 5.32 Å². The number of aryl methyl sites for hydroxylation is 1. The average Bonchev–Trinajstić information content (AvgIpc) is 3.07. The van der Waals surface area contributed by atoms with Gasteiger partial charge in [0, 0.05) is 19.5 Å². The number of amides is 3. The molecule has 2 aromatic rings. The first kappa shape index (κ1) is 24.4. The highest BCUT2D eigenvalue weighted by Crippen LogP contribution is 2.31. The number of hydrogen-bond donors (Lipinski definition) is 1. The van der Waals surface area contributed by atoms with Crippen molar-refractivity contribution in [1.29, 1.82) is 0 Å². The fraction of sp³-hybridized carbons (Fsp3) is 0.320. The number of rotatable bonds is 11. The fourth-order valence-corrected chi connectivity index (χ4v) is 3.99. The largest absolute Gasteiger partial charge is 0.494 e. The lowest BCUT2D eigenvalue weighted by molar-refractivity contribution is -0.124. The molecule has 3 rings (SSSR count). The van der Waals surface area contributed by atoms with Gasteiger partial charge >= 0.3 is 0 Å². The number of ether oxygens (including phenoxy) is 2. The van der Waals surface area contributed by atoms with Crippen molar-refractivity contribution < 1.29 is 23.9 Å². The molecule has 1 heterocycles. The first-order chi connectivity index (χ1) is 16.0. The molecule has 33 heavy (non-hydrogen) atoms. The van der Waals surface area contributed by atoms with Crippen molar-refractivity contribution >= 4 is 34.9 Å². The summed E-state index contributed by atoms with van der Waals surface area (Å²) >= 11 is 0.919. The van der Waals surface area contributed by atoms with Crippen LogP contribution in [0, 0.1) is 6.92 Å². The predicted molar refractivity (Wildman–Crippen MR) is 129 cm³/mol. The maximum Gasteiger partial charge on any atom is 0.293 e. The lowest BCUT2D eigenvalue weighted by Crippen LogP contribution is -2.37. The number of nitrogens with one attached hydrogen (secondary N) is 1. The molecular formula is C25H28N2O5S. The molecule has 0 bridgehead atoms. The number of thioether (sulfide) groups is 1. The molecule has 0 aromatic heterocycles. The maximum atomic E-state index is 12.5. The van der Waals surface area contributed by atoms with Crippen LogP contribution in [0.3, 0.4) is 0 Å². The molecule has 0 unspecified atom stereocenters. The van der Waals surface area contributed by atoms with Gasteiger partial charge in [-0.2, -0.15) is 0 Å². The van der Waals surface area contributed by atoms with Crippen LogP contribution in [0.1, 0.15) is 30.9 Å². The van der Waals surface area contributed by atoms with Crippen molar-refractivity contribution in [3.8, 4) is 11.5 Å². The topological polar surface area (TPSA) is 84.9 Å². The Hall–Kier alpha value is -3.26. The molecule has 8 heteroatoms. The smallest absolute Gasteiger partial charge is 0.293 e. The van der Waals surface area contributed by atoms with E-state index in [1.54, 1.807) is 6.08 Å². The summed E-state index contributed by atoms with van der Waals surface area (Å²) in [5.74, 6) is 1.03. The highest BCUT2D eigenvalue weighted by Gasteiger charge is 2.34. The van der Waals surface area contributed by atoms with Gasteiger partial charge in [0.25, 0.3) is 11.1 Å². The highest BCUT2D eigenvalue weighted by molar-refractivity contribution is 8.18. The summed E-state index contributed by atoms with van der Waals surface area (Å²) in [6.07, 6.45) is 2.57. The van der Waals surface area contributed by atoms with E-state index in [0.717, 1.165) is 34.4 Å².